The maximum absolute atomic E-state index is 14.1. The molecule has 4 rings (SSSR count). The molecule has 37 heavy (non-hydrogen) atoms. The normalized spacial score (nSPS) is 17.5. The molecule has 2 atom stereocenters. The van der Waals surface area contributed by atoms with E-state index in [4.69, 9.17) is 25.8 Å². The average Bonchev–Trinajstić information content (AvgIpc) is 3.67. The van der Waals surface area contributed by atoms with Gasteiger partial charge in [0.25, 0.3) is 10.0 Å². The minimum absolute atomic E-state index is 0.0446. The topological polar surface area (TPSA) is 128 Å². The number of benzene rings is 2. The quantitative estimate of drug-likeness (QED) is 0.382. The van der Waals surface area contributed by atoms with Crippen molar-refractivity contribution in [2.75, 3.05) is 36.3 Å². The van der Waals surface area contributed by atoms with Crippen molar-refractivity contribution in [2.24, 2.45) is 5.92 Å². The lowest BCUT2D eigenvalue weighted by Crippen LogP contribution is -2.38. The number of amides is 2. The van der Waals surface area contributed by atoms with Gasteiger partial charge in [-0.15, -0.1) is 11.6 Å². The number of carbonyl (C=O) groups excluding carboxylic acids is 3. The Bertz CT molecular complexity index is 1370. The van der Waals surface area contributed by atoms with E-state index in [-0.39, 0.29) is 39.5 Å². The summed E-state index contributed by atoms with van der Waals surface area (Å²) in [7, 11) is -2.81. The molecule has 2 amide bonds. The molecule has 0 radical (unpaired) electrons. The van der Waals surface area contributed by atoms with E-state index in [1.807, 2.05) is 0 Å². The number of nitrogens with one attached hydrogen (secondary N) is 1. The molecule has 1 fully saturated rings. The van der Waals surface area contributed by atoms with Crippen LogP contribution in [0.15, 0.2) is 35.2 Å². The molecule has 13 heteroatoms. The number of sulfonamides is 1. The molecule has 198 valence electrons. The fourth-order valence-corrected chi connectivity index (χ4v) is 5.92. The van der Waals surface area contributed by atoms with Gasteiger partial charge in [0.2, 0.25) is 5.91 Å². The molecule has 2 unspecified atom stereocenters. The van der Waals surface area contributed by atoms with Crippen LogP contribution < -0.4 is 14.4 Å². The number of hydrogen-bond acceptors (Lipinski definition) is 8. The molecule has 2 aliphatic rings. The molecule has 2 aromatic rings. The Hall–Kier alpha value is -3.38. The van der Waals surface area contributed by atoms with Crippen molar-refractivity contribution in [2.45, 2.75) is 30.1 Å². The first-order valence-electron chi connectivity index (χ1n) is 11.3. The number of ether oxygens (including phenoxy) is 3. The number of halogens is 2. The fourth-order valence-electron chi connectivity index (χ4n) is 4.28. The average molecular weight is 555 g/mol. The third-order valence-electron chi connectivity index (χ3n) is 6.15. The van der Waals surface area contributed by atoms with Gasteiger partial charge in [-0.1, -0.05) is 6.07 Å². The second-order valence-electron chi connectivity index (χ2n) is 8.50. The first kappa shape index (κ1) is 26.7. The maximum atomic E-state index is 14.1. The van der Waals surface area contributed by atoms with Crippen LogP contribution in [-0.2, 0) is 24.3 Å². The zero-order chi connectivity index (χ0) is 26.9. The molecular formula is C24H24ClFN2O8S. The largest absolute Gasteiger partial charge is 0.492 e. The van der Waals surface area contributed by atoms with E-state index in [2.05, 4.69) is 5.32 Å². The monoisotopic (exact) mass is 554 g/mol. The van der Waals surface area contributed by atoms with Crippen molar-refractivity contribution >= 4 is 51.0 Å². The molecule has 1 saturated carbocycles. The Morgan fingerprint density at radius 2 is 1.95 bits per heavy atom. The molecule has 1 aliphatic carbocycles. The van der Waals surface area contributed by atoms with Gasteiger partial charge in [-0.25, -0.2) is 22.4 Å². The lowest BCUT2D eigenvalue weighted by Gasteiger charge is -2.27. The van der Waals surface area contributed by atoms with Crippen LogP contribution in [0.3, 0.4) is 0 Å². The number of methoxy groups -OCH3 is 2. The zero-order valence-electron chi connectivity index (χ0n) is 20.0. The smallest absolute Gasteiger partial charge is 0.428 e. The highest BCUT2D eigenvalue weighted by Gasteiger charge is 2.47. The fraction of sp³-hybridized carbons (Fsp3) is 0.375. The second-order valence-corrected chi connectivity index (χ2v) is 10.6. The predicted molar refractivity (Wildman–Crippen MR) is 131 cm³/mol. The third kappa shape index (κ3) is 5.08. The van der Waals surface area contributed by atoms with Gasteiger partial charge < -0.3 is 19.5 Å². The third-order valence-corrected chi connectivity index (χ3v) is 8.16. The van der Waals surface area contributed by atoms with Crippen molar-refractivity contribution < 1.29 is 41.4 Å². The summed E-state index contributed by atoms with van der Waals surface area (Å²) in [5.74, 6) is -1.60. The summed E-state index contributed by atoms with van der Waals surface area (Å²) in [5.41, 5.74) is -0.339. The number of nitrogens with zero attached hydrogens (tertiary/aromatic N) is 1. The highest BCUT2D eigenvalue weighted by molar-refractivity contribution is 7.93. The van der Waals surface area contributed by atoms with Crippen molar-refractivity contribution in [3.63, 3.8) is 0 Å². The molecule has 2 aromatic carbocycles. The van der Waals surface area contributed by atoms with E-state index < -0.39 is 44.4 Å². The summed E-state index contributed by atoms with van der Waals surface area (Å²) >= 11 is 5.61. The zero-order valence-corrected chi connectivity index (χ0v) is 21.5. The van der Waals surface area contributed by atoms with Crippen LogP contribution in [0.1, 0.15) is 41.1 Å². The Morgan fingerprint density at radius 1 is 1.19 bits per heavy atom. The first-order valence-corrected chi connectivity index (χ1v) is 13.3. The molecule has 1 heterocycles. The molecule has 0 saturated heterocycles. The second kappa shape index (κ2) is 10.5. The van der Waals surface area contributed by atoms with Crippen LogP contribution in [0.5, 0.6) is 5.75 Å². The number of fused-ring (bicyclic) bond motifs is 3. The number of carbonyl (C=O) groups is 3. The molecular weight excluding hydrogens is 531 g/mol. The number of anilines is 2. The van der Waals surface area contributed by atoms with Crippen LogP contribution in [-0.4, -0.2) is 53.1 Å². The Labute approximate surface area is 217 Å². The Kier molecular flexibility index (Phi) is 7.60. The molecule has 0 spiro atoms. The molecule has 1 aliphatic heterocycles. The van der Waals surface area contributed by atoms with E-state index >= 15 is 0 Å². The van der Waals surface area contributed by atoms with E-state index in [1.54, 1.807) is 6.07 Å². The van der Waals surface area contributed by atoms with Crippen LogP contribution in [0.4, 0.5) is 20.6 Å². The van der Waals surface area contributed by atoms with Crippen LogP contribution in [0.25, 0.3) is 0 Å². The molecule has 0 aromatic heterocycles. The minimum atomic E-state index is -4.88. The van der Waals surface area contributed by atoms with Crippen LogP contribution >= 0.6 is 11.6 Å². The maximum Gasteiger partial charge on any atom is 0.428 e. The molecule has 0 bridgehead atoms. The van der Waals surface area contributed by atoms with Gasteiger partial charge in [-0.3, -0.25) is 4.79 Å². The van der Waals surface area contributed by atoms with E-state index in [0.29, 0.717) is 24.5 Å². The highest BCUT2D eigenvalue weighted by atomic mass is 35.5. The number of rotatable bonds is 8. The summed E-state index contributed by atoms with van der Waals surface area (Å²) in [6.07, 6.45) is -0.238. The summed E-state index contributed by atoms with van der Waals surface area (Å²) < 4.78 is 57.6. The van der Waals surface area contributed by atoms with Crippen molar-refractivity contribution in [3.05, 3.63) is 47.3 Å². The summed E-state index contributed by atoms with van der Waals surface area (Å²) in [6.45, 7) is 0.326. The van der Waals surface area contributed by atoms with Crippen molar-refractivity contribution in [3.8, 4) is 5.75 Å². The summed E-state index contributed by atoms with van der Waals surface area (Å²) in [4.78, 5) is 37.5. The number of esters is 1. The van der Waals surface area contributed by atoms with E-state index in [0.717, 1.165) is 38.8 Å². The standard InChI is InChI=1S/C24H24ClFN2O8S/c1-34-23(30)21-18(7-6-15-16-10-13(16)12-36-22(15)21)28(24(31)35-2)37(32,33)19-8-5-14(26)11-17(19)27-20(29)4-3-9-25/h5-8,11,13,16H,3-4,9-10,12H2,1-2H3,(H,27,29). The van der Waals surface area contributed by atoms with Gasteiger partial charge in [-0.2, -0.15) is 4.31 Å². The van der Waals surface area contributed by atoms with Crippen molar-refractivity contribution in [1.29, 1.82) is 0 Å². The summed E-state index contributed by atoms with van der Waals surface area (Å²) in [5, 5.41) is 2.35. The van der Waals surface area contributed by atoms with Crippen LogP contribution in [0.2, 0.25) is 0 Å². The minimum Gasteiger partial charge on any atom is -0.492 e. The van der Waals surface area contributed by atoms with Gasteiger partial charge in [0.1, 0.15) is 22.0 Å². The highest BCUT2D eigenvalue weighted by Crippen LogP contribution is 2.56. The predicted octanol–water partition coefficient (Wildman–Crippen LogP) is 4.03. The number of alkyl halides is 1. The summed E-state index contributed by atoms with van der Waals surface area (Å²) in [6, 6.07) is 5.46. The molecule has 10 nitrogen and oxygen atoms in total. The van der Waals surface area contributed by atoms with Gasteiger partial charge >= 0.3 is 12.1 Å². The van der Waals surface area contributed by atoms with Gasteiger partial charge in [-0.05, 0) is 48.6 Å². The lowest BCUT2D eigenvalue weighted by atomic mass is 10.00. The number of hydrogen-bond donors (Lipinski definition) is 1. The Balaban J connectivity index is 1.87. The van der Waals surface area contributed by atoms with Gasteiger partial charge in [0.15, 0.2) is 0 Å². The van der Waals surface area contributed by atoms with E-state index in [1.165, 1.54) is 6.07 Å². The Morgan fingerprint density at radius 3 is 2.62 bits per heavy atom. The van der Waals surface area contributed by atoms with E-state index in [9.17, 15) is 27.2 Å². The molecule has 1 N–H and O–H groups in total. The van der Waals surface area contributed by atoms with Crippen molar-refractivity contribution in [1.82, 2.24) is 0 Å². The van der Waals surface area contributed by atoms with Gasteiger partial charge in [0.05, 0.1) is 32.2 Å². The lowest BCUT2D eigenvalue weighted by molar-refractivity contribution is -0.116. The first-order chi connectivity index (χ1) is 17.6. The van der Waals surface area contributed by atoms with Gasteiger partial charge in [0, 0.05) is 18.2 Å². The van der Waals surface area contributed by atoms with Crippen LogP contribution in [0, 0.1) is 11.7 Å². The SMILES string of the molecule is COC(=O)c1c(N(C(=O)OC)S(=O)(=O)c2ccc(F)cc2NC(=O)CCCCl)ccc2c1OCC1CC21.